The summed E-state index contributed by atoms with van der Waals surface area (Å²) in [6.45, 7) is 16.7. The Balaban J connectivity index is 4.00. The standard InChI is InChI=1S/C46H81N11O12S/c1-25(2)22-31-37(60)47-29(9)36(59)48-30(10)39(62)52(12)32(23-26(3)4)40(63)55(15)45(68)57(17)46(69)56(16)44(67)50-43(66)53(13)33(24-70-21-19-18-20-58)41(64)54(14)35(28(7)8)38(61)49-34(27(5)6)42(65)51(31)11/h25-35,58H,18-24H2,1-17H3,(H,47,60)(H,48,59)(H,49,61)(H,50,66,67)/t29-,30+,31-,32-,33-,34-,35?/m1/s1. The molecule has 70 heavy (non-hydrogen) atoms. The first-order chi connectivity index (χ1) is 32.3. The van der Waals surface area contributed by atoms with Crippen LogP contribution in [0, 0.1) is 23.7 Å². The second kappa shape index (κ2) is 28.4. The number of carbonyl (C=O) groups excluding carboxylic acids is 11. The van der Waals surface area contributed by atoms with Crippen LogP contribution >= 0.6 is 11.8 Å². The van der Waals surface area contributed by atoms with Crippen molar-refractivity contribution in [3.8, 4) is 0 Å². The van der Waals surface area contributed by atoms with E-state index in [0.29, 0.717) is 33.3 Å². The molecule has 5 N–H and O–H groups in total. The van der Waals surface area contributed by atoms with Gasteiger partial charge >= 0.3 is 24.1 Å². The third-order valence-electron chi connectivity index (χ3n) is 12.0. The highest BCUT2D eigenvalue weighted by Gasteiger charge is 2.42. The fourth-order valence-electron chi connectivity index (χ4n) is 7.62. The average molecular weight is 1010 g/mol. The summed E-state index contributed by atoms with van der Waals surface area (Å²) in [4.78, 5) is 159. The smallest absolute Gasteiger partial charge is 0.335 e. The predicted octanol–water partition coefficient (Wildman–Crippen LogP) is 1.58. The number of nitrogens with one attached hydrogen (secondary N) is 4. The number of hydrogen-bond donors (Lipinski definition) is 5. The lowest BCUT2D eigenvalue weighted by Crippen LogP contribution is -2.62. The first kappa shape index (κ1) is 62.5. The van der Waals surface area contributed by atoms with Gasteiger partial charge in [0.25, 0.3) is 5.91 Å². The van der Waals surface area contributed by atoms with Crippen LogP contribution in [0.15, 0.2) is 0 Å². The van der Waals surface area contributed by atoms with Crippen LogP contribution in [0.25, 0.3) is 0 Å². The van der Waals surface area contributed by atoms with E-state index in [1.165, 1.54) is 58.7 Å². The predicted molar refractivity (Wildman–Crippen MR) is 264 cm³/mol. The van der Waals surface area contributed by atoms with E-state index in [-0.39, 0.29) is 37.0 Å². The zero-order chi connectivity index (χ0) is 54.2. The van der Waals surface area contributed by atoms with E-state index < -0.39 is 120 Å². The molecule has 0 aromatic heterocycles. The molecule has 1 aliphatic heterocycles. The molecule has 0 aromatic rings. The highest BCUT2D eigenvalue weighted by molar-refractivity contribution is 7.99. The zero-order valence-corrected chi connectivity index (χ0v) is 45.1. The molecule has 24 heteroatoms. The molecule has 1 fully saturated rings. The van der Waals surface area contributed by atoms with E-state index in [2.05, 4.69) is 21.3 Å². The lowest BCUT2D eigenvalue weighted by molar-refractivity contribution is -0.147. The van der Waals surface area contributed by atoms with Gasteiger partial charge in [-0.25, -0.2) is 29.0 Å². The molecule has 0 aromatic carbocycles. The molecule has 1 heterocycles. The van der Waals surface area contributed by atoms with E-state index in [1.54, 1.807) is 41.5 Å². The number of likely N-dealkylation sites (N-methyl/N-ethyl adjacent to an activating group) is 5. The van der Waals surface area contributed by atoms with E-state index in [1.807, 2.05) is 13.8 Å². The molecule has 1 rings (SSSR count). The molecule has 398 valence electrons. The molecule has 15 amide bonds. The summed E-state index contributed by atoms with van der Waals surface area (Å²) in [5.41, 5.74) is 0. The number of carbonyl (C=O) groups is 11. The van der Waals surface area contributed by atoms with Gasteiger partial charge in [-0.1, -0.05) is 55.4 Å². The Morgan fingerprint density at radius 3 is 1.53 bits per heavy atom. The molecule has 1 saturated heterocycles. The largest absolute Gasteiger partial charge is 0.396 e. The first-order valence-corrected chi connectivity index (χ1v) is 24.8. The van der Waals surface area contributed by atoms with Crippen molar-refractivity contribution >= 4 is 77.2 Å². The zero-order valence-electron chi connectivity index (χ0n) is 44.3. The Labute approximate surface area is 417 Å². The van der Waals surface area contributed by atoms with Crippen molar-refractivity contribution in [2.45, 2.75) is 137 Å². The van der Waals surface area contributed by atoms with Gasteiger partial charge in [0, 0.05) is 61.7 Å². The molecule has 23 nitrogen and oxygen atoms in total. The first-order valence-electron chi connectivity index (χ1n) is 23.7. The van der Waals surface area contributed by atoms with Crippen molar-refractivity contribution in [2.24, 2.45) is 23.7 Å². The maximum absolute atomic E-state index is 14.5. The number of imide groups is 4. The summed E-state index contributed by atoms with van der Waals surface area (Å²) in [7, 11) is 8.39. The number of rotatable bonds is 12. The highest BCUT2D eigenvalue weighted by atomic mass is 32.2. The van der Waals surface area contributed by atoms with Crippen LogP contribution in [0.2, 0.25) is 0 Å². The Hall–Kier alpha value is -5.52. The third kappa shape index (κ3) is 17.1. The Morgan fingerprint density at radius 2 is 1.01 bits per heavy atom. The van der Waals surface area contributed by atoms with Gasteiger partial charge in [0.15, 0.2) is 0 Å². The van der Waals surface area contributed by atoms with Gasteiger partial charge in [-0.05, 0) is 69.0 Å². The second-order valence-corrected chi connectivity index (χ2v) is 20.6. The maximum atomic E-state index is 14.5. The van der Waals surface area contributed by atoms with Crippen molar-refractivity contribution in [1.82, 2.24) is 55.6 Å². The topological polar surface area (TPSA) is 279 Å². The number of aliphatic hydroxyl groups is 1. The molecule has 0 aliphatic carbocycles. The fraction of sp³-hybridized carbons (Fsp3) is 0.761. The number of amides is 15. The van der Waals surface area contributed by atoms with Crippen LogP contribution < -0.4 is 21.3 Å². The Morgan fingerprint density at radius 1 is 0.500 bits per heavy atom. The van der Waals surface area contributed by atoms with Crippen LogP contribution in [0.1, 0.15) is 94.9 Å². The fourth-order valence-corrected chi connectivity index (χ4v) is 8.78. The molecule has 0 spiro atoms. The monoisotopic (exact) mass is 1010 g/mol. The van der Waals surface area contributed by atoms with Crippen molar-refractivity contribution in [3.63, 3.8) is 0 Å². The van der Waals surface area contributed by atoms with E-state index >= 15 is 0 Å². The van der Waals surface area contributed by atoms with Crippen LogP contribution in [0.4, 0.5) is 19.2 Å². The number of aliphatic hydroxyl groups excluding tert-OH is 1. The number of hydrogen-bond acceptors (Lipinski definition) is 13. The average Bonchev–Trinajstić information content (AvgIpc) is 3.28. The number of nitrogens with zero attached hydrogens (tertiary/aromatic N) is 7. The summed E-state index contributed by atoms with van der Waals surface area (Å²) >= 11 is 1.28. The minimum absolute atomic E-state index is 0.0273. The Bertz CT molecular complexity index is 1900. The molecule has 0 radical (unpaired) electrons. The van der Waals surface area contributed by atoms with Crippen molar-refractivity contribution in [3.05, 3.63) is 0 Å². The van der Waals surface area contributed by atoms with Gasteiger partial charge in [-0.3, -0.25) is 43.8 Å². The lowest BCUT2D eigenvalue weighted by atomic mass is 9.96. The molecular formula is C46H81N11O12S. The van der Waals surface area contributed by atoms with Crippen molar-refractivity contribution in [1.29, 1.82) is 0 Å². The molecule has 0 bridgehead atoms. The van der Waals surface area contributed by atoms with Gasteiger partial charge in [0.1, 0.15) is 42.3 Å². The Kier molecular flexibility index (Phi) is 25.3. The molecule has 1 unspecified atom stereocenters. The summed E-state index contributed by atoms with van der Waals surface area (Å²) in [5.74, 6) is -6.12. The quantitative estimate of drug-likeness (QED) is 0.174. The van der Waals surface area contributed by atoms with Crippen molar-refractivity contribution < 1.29 is 57.8 Å². The van der Waals surface area contributed by atoms with Crippen molar-refractivity contribution in [2.75, 3.05) is 67.4 Å². The number of unbranched alkanes of at least 4 members (excludes halogenated alkanes) is 1. The number of thioether (sulfide) groups is 1. The van der Waals surface area contributed by atoms with Crippen LogP contribution in [0.5, 0.6) is 0 Å². The lowest BCUT2D eigenvalue weighted by Gasteiger charge is -2.37. The van der Waals surface area contributed by atoms with Crippen LogP contribution in [0.3, 0.4) is 0 Å². The van der Waals surface area contributed by atoms with E-state index in [0.717, 1.165) is 35.8 Å². The molecular weight excluding hydrogens is 931 g/mol. The summed E-state index contributed by atoms with van der Waals surface area (Å²) in [6.07, 6.45) is 1.25. The number of urea groups is 4. The van der Waals surface area contributed by atoms with Gasteiger partial charge in [0.2, 0.25) is 35.4 Å². The normalized spacial score (nSPS) is 25.0. The van der Waals surface area contributed by atoms with Gasteiger partial charge in [0.05, 0.1) is 0 Å². The highest BCUT2D eigenvalue weighted by Crippen LogP contribution is 2.21. The molecule has 0 saturated carbocycles. The molecule has 1 aliphatic rings. The molecule has 7 atom stereocenters. The van der Waals surface area contributed by atoms with E-state index in [9.17, 15) is 57.8 Å². The summed E-state index contributed by atoms with van der Waals surface area (Å²) in [5, 5.41) is 19.4. The third-order valence-corrected chi connectivity index (χ3v) is 13.2. The van der Waals surface area contributed by atoms with Crippen LogP contribution in [-0.2, 0) is 33.6 Å². The minimum atomic E-state index is -1.31. The van der Waals surface area contributed by atoms with Gasteiger partial charge < -0.3 is 40.7 Å². The van der Waals surface area contributed by atoms with Crippen LogP contribution in [-0.4, -0.2) is 215 Å². The summed E-state index contributed by atoms with van der Waals surface area (Å²) in [6, 6.07) is -13.5. The minimum Gasteiger partial charge on any atom is -0.396 e. The van der Waals surface area contributed by atoms with Gasteiger partial charge in [-0.15, -0.1) is 0 Å². The maximum Gasteiger partial charge on any atom is 0.335 e. The van der Waals surface area contributed by atoms with Gasteiger partial charge in [-0.2, -0.15) is 11.8 Å². The second-order valence-electron chi connectivity index (χ2n) is 19.5. The SMILES string of the molecule is CC(C)C[C@@H]1C(=O)N(C)C(=O)N(C)C(=O)N(C)C(=O)NC(=O)N(C)[C@H](CSCCCCO)C(=O)N(C)C(C(C)C)C(=O)N[C@H](C(C)C)C(=O)N(C)[C@H](CC(C)C)C(=O)N[C@H](C)C(=O)N[C@@H](C)C(=O)N1C. The van der Waals surface area contributed by atoms with E-state index in [4.69, 9.17) is 0 Å². The summed E-state index contributed by atoms with van der Waals surface area (Å²) < 4.78 is 0.